The lowest BCUT2D eigenvalue weighted by Gasteiger charge is -2.11. The molecule has 0 radical (unpaired) electrons. The lowest BCUT2D eigenvalue weighted by molar-refractivity contribution is -0.119. The SMILES string of the molecule is Cc1ccc(NCC(=O)NC(C)C)c(N)c1. The number of anilines is 2. The van der Waals surface area contributed by atoms with Gasteiger partial charge < -0.3 is 16.4 Å². The van der Waals surface area contributed by atoms with Crippen molar-refractivity contribution >= 4 is 17.3 Å². The molecule has 0 aliphatic rings. The first-order valence-electron chi connectivity index (χ1n) is 5.38. The Morgan fingerprint density at radius 1 is 1.44 bits per heavy atom. The van der Waals surface area contributed by atoms with E-state index in [1.54, 1.807) is 0 Å². The van der Waals surface area contributed by atoms with Crippen LogP contribution < -0.4 is 16.4 Å². The number of carbonyl (C=O) groups is 1. The Morgan fingerprint density at radius 2 is 2.12 bits per heavy atom. The fraction of sp³-hybridized carbons (Fsp3) is 0.417. The molecule has 1 rings (SSSR count). The maximum Gasteiger partial charge on any atom is 0.239 e. The van der Waals surface area contributed by atoms with Crippen molar-refractivity contribution in [1.29, 1.82) is 0 Å². The van der Waals surface area contributed by atoms with Crippen molar-refractivity contribution < 1.29 is 4.79 Å². The van der Waals surface area contributed by atoms with E-state index in [4.69, 9.17) is 5.73 Å². The van der Waals surface area contributed by atoms with Gasteiger partial charge in [0.15, 0.2) is 0 Å². The van der Waals surface area contributed by atoms with Crippen molar-refractivity contribution in [2.45, 2.75) is 26.8 Å². The Morgan fingerprint density at radius 3 is 2.69 bits per heavy atom. The van der Waals surface area contributed by atoms with Crippen molar-refractivity contribution in [1.82, 2.24) is 5.32 Å². The zero-order chi connectivity index (χ0) is 12.1. The maximum atomic E-state index is 11.4. The molecule has 0 heterocycles. The van der Waals surface area contributed by atoms with Gasteiger partial charge in [-0.3, -0.25) is 4.79 Å². The molecule has 0 aromatic heterocycles. The highest BCUT2D eigenvalue weighted by Gasteiger charge is 2.04. The second-order valence-corrected chi connectivity index (χ2v) is 4.17. The minimum atomic E-state index is -0.0324. The van der Waals surface area contributed by atoms with Crippen LogP contribution in [-0.2, 0) is 4.79 Å². The van der Waals surface area contributed by atoms with E-state index in [1.165, 1.54) is 0 Å². The molecule has 88 valence electrons. The van der Waals surface area contributed by atoms with E-state index in [2.05, 4.69) is 10.6 Å². The standard InChI is InChI=1S/C12H19N3O/c1-8(2)15-12(16)7-14-11-5-4-9(3)6-10(11)13/h4-6,8,14H,7,13H2,1-3H3,(H,15,16). The number of rotatable bonds is 4. The highest BCUT2D eigenvalue weighted by Crippen LogP contribution is 2.18. The fourth-order valence-corrected chi connectivity index (χ4v) is 1.39. The summed E-state index contributed by atoms with van der Waals surface area (Å²) in [4.78, 5) is 11.4. The predicted octanol–water partition coefficient (Wildman–Crippen LogP) is 1.51. The number of hydrogen-bond acceptors (Lipinski definition) is 3. The third kappa shape index (κ3) is 3.81. The maximum absolute atomic E-state index is 11.4. The lowest BCUT2D eigenvalue weighted by atomic mass is 10.2. The number of nitrogens with one attached hydrogen (secondary N) is 2. The van der Waals surface area contributed by atoms with Gasteiger partial charge in [-0.15, -0.1) is 0 Å². The largest absolute Gasteiger partial charge is 0.397 e. The number of carbonyl (C=O) groups excluding carboxylic acids is 1. The van der Waals surface area contributed by atoms with Crippen molar-refractivity contribution in [3.63, 3.8) is 0 Å². The Hall–Kier alpha value is -1.71. The minimum Gasteiger partial charge on any atom is -0.397 e. The van der Waals surface area contributed by atoms with Crippen molar-refractivity contribution in [2.75, 3.05) is 17.6 Å². The average molecular weight is 221 g/mol. The molecule has 4 N–H and O–H groups in total. The molecule has 1 aromatic carbocycles. The summed E-state index contributed by atoms with van der Waals surface area (Å²) in [7, 11) is 0. The molecule has 1 aromatic rings. The fourth-order valence-electron chi connectivity index (χ4n) is 1.39. The molecule has 16 heavy (non-hydrogen) atoms. The van der Waals surface area contributed by atoms with Crippen LogP contribution in [0.4, 0.5) is 11.4 Å². The van der Waals surface area contributed by atoms with Gasteiger partial charge in [-0.25, -0.2) is 0 Å². The first-order chi connectivity index (χ1) is 7.49. The van der Waals surface area contributed by atoms with Crippen LogP contribution in [0.3, 0.4) is 0 Å². The third-order valence-corrected chi connectivity index (χ3v) is 2.10. The highest BCUT2D eigenvalue weighted by atomic mass is 16.1. The zero-order valence-electron chi connectivity index (χ0n) is 10.0. The predicted molar refractivity (Wildman–Crippen MR) is 67.4 cm³/mol. The van der Waals surface area contributed by atoms with Gasteiger partial charge in [-0.05, 0) is 38.5 Å². The van der Waals surface area contributed by atoms with Crippen molar-refractivity contribution in [2.24, 2.45) is 0 Å². The van der Waals surface area contributed by atoms with Gasteiger partial charge in [0.05, 0.1) is 17.9 Å². The third-order valence-electron chi connectivity index (χ3n) is 2.10. The molecule has 0 aliphatic heterocycles. The monoisotopic (exact) mass is 221 g/mol. The van der Waals surface area contributed by atoms with Crippen LogP contribution in [0.5, 0.6) is 0 Å². The summed E-state index contributed by atoms with van der Waals surface area (Å²) in [6.45, 7) is 6.08. The molecule has 4 nitrogen and oxygen atoms in total. The van der Waals surface area contributed by atoms with Crippen LogP contribution in [0.2, 0.25) is 0 Å². The van der Waals surface area contributed by atoms with E-state index in [1.807, 2.05) is 39.0 Å². The van der Waals surface area contributed by atoms with Crippen molar-refractivity contribution in [3.05, 3.63) is 23.8 Å². The first kappa shape index (κ1) is 12.4. The number of hydrogen-bond donors (Lipinski definition) is 3. The molecular formula is C12H19N3O. The second kappa shape index (κ2) is 5.39. The summed E-state index contributed by atoms with van der Waals surface area (Å²) in [5, 5.41) is 5.81. The summed E-state index contributed by atoms with van der Waals surface area (Å²) < 4.78 is 0. The van der Waals surface area contributed by atoms with Crippen LogP contribution in [0, 0.1) is 6.92 Å². The Labute approximate surface area is 96.2 Å². The van der Waals surface area contributed by atoms with E-state index in [0.717, 1.165) is 11.3 Å². The summed E-state index contributed by atoms with van der Waals surface area (Å²) in [5.41, 5.74) is 8.38. The van der Waals surface area contributed by atoms with Gasteiger partial charge in [0.2, 0.25) is 5.91 Å². The molecule has 0 unspecified atom stereocenters. The van der Waals surface area contributed by atoms with Gasteiger partial charge in [0, 0.05) is 6.04 Å². The van der Waals surface area contributed by atoms with Crippen LogP contribution >= 0.6 is 0 Å². The summed E-state index contributed by atoms with van der Waals surface area (Å²) in [6.07, 6.45) is 0. The number of amides is 1. The van der Waals surface area contributed by atoms with Crippen LogP contribution in [0.25, 0.3) is 0 Å². The minimum absolute atomic E-state index is 0.0324. The van der Waals surface area contributed by atoms with Gasteiger partial charge in [0.1, 0.15) is 0 Å². The molecule has 0 atom stereocenters. The van der Waals surface area contributed by atoms with E-state index in [0.29, 0.717) is 5.69 Å². The number of benzene rings is 1. The van der Waals surface area contributed by atoms with Crippen molar-refractivity contribution in [3.8, 4) is 0 Å². The number of aryl methyl sites for hydroxylation is 1. The zero-order valence-corrected chi connectivity index (χ0v) is 10.0. The van der Waals surface area contributed by atoms with Gasteiger partial charge in [-0.2, -0.15) is 0 Å². The van der Waals surface area contributed by atoms with E-state index in [9.17, 15) is 4.79 Å². The molecule has 4 heteroatoms. The molecule has 0 bridgehead atoms. The molecule has 0 spiro atoms. The Balaban J connectivity index is 2.51. The topological polar surface area (TPSA) is 67.2 Å². The number of nitrogens with two attached hydrogens (primary N) is 1. The molecule has 0 saturated carbocycles. The second-order valence-electron chi connectivity index (χ2n) is 4.17. The summed E-state index contributed by atoms with van der Waals surface area (Å²) in [6, 6.07) is 5.87. The van der Waals surface area contributed by atoms with Crippen LogP contribution in [-0.4, -0.2) is 18.5 Å². The smallest absolute Gasteiger partial charge is 0.239 e. The summed E-state index contributed by atoms with van der Waals surface area (Å²) in [5.74, 6) is -0.0324. The summed E-state index contributed by atoms with van der Waals surface area (Å²) >= 11 is 0. The Bertz CT molecular complexity index is 375. The molecule has 0 aliphatic carbocycles. The normalized spacial score (nSPS) is 10.2. The average Bonchev–Trinajstić information content (AvgIpc) is 2.15. The van der Waals surface area contributed by atoms with Gasteiger partial charge in [-0.1, -0.05) is 6.07 Å². The van der Waals surface area contributed by atoms with E-state index >= 15 is 0 Å². The molecule has 1 amide bonds. The quantitative estimate of drug-likeness (QED) is 0.675. The van der Waals surface area contributed by atoms with Crippen LogP contribution in [0.1, 0.15) is 19.4 Å². The van der Waals surface area contributed by atoms with E-state index in [-0.39, 0.29) is 18.5 Å². The molecular weight excluding hydrogens is 202 g/mol. The first-order valence-corrected chi connectivity index (χ1v) is 5.38. The highest BCUT2D eigenvalue weighted by molar-refractivity contribution is 5.82. The van der Waals surface area contributed by atoms with Gasteiger partial charge in [0.25, 0.3) is 0 Å². The molecule has 0 fully saturated rings. The number of nitrogen functional groups attached to an aromatic ring is 1. The van der Waals surface area contributed by atoms with Gasteiger partial charge >= 0.3 is 0 Å². The molecule has 0 saturated heterocycles. The van der Waals surface area contributed by atoms with E-state index < -0.39 is 0 Å². The van der Waals surface area contributed by atoms with Crippen LogP contribution in [0.15, 0.2) is 18.2 Å². The lowest BCUT2D eigenvalue weighted by Crippen LogP contribution is -2.34. The Kier molecular flexibility index (Phi) is 4.17.